The minimum absolute atomic E-state index is 0.239. The number of aromatic nitrogens is 3. The van der Waals surface area contributed by atoms with Crippen molar-refractivity contribution in [2.45, 2.75) is 13.8 Å². The molecule has 1 heterocycles. The molecule has 3 rings (SSSR count). The topological polar surface area (TPSA) is 69.0 Å². The fourth-order valence-corrected chi connectivity index (χ4v) is 2.60. The number of nitrogens with zero attached hydrogens (tertiary/aromatic N) is 3. The highest BCUT2D eigenvalue weighted by Gasteiger charge is 2.19. The van der Waals surface area contributed by atoms with Crippen LogP contribution in [0.15, 0.2) is 42.5 Å². The molecule has 0 aliphatic rings. The van der Waals surface area contributed by atoms with Gasteiger partial charge < -0.3 is 10.1 Å². The lowest BCUT2D eigenvalue weighted by Crippen LogP contribution is -2.15. The molecule has 1 N–H and O–H groups in total. The van der Waals surface area contributed by atoms with Gasteiger partial charge in [-0.1, -0.05) is 34.5 Å². The number of methoxy groups -OCH3 is 1. The van der Waals surface area contributed by atoms with Crippen molar-refractivity contribution in [2.75, 3.05) is 12.4 Å². The van der Waals surface area contributed by atoms with Crippen molar-refractivity contribution < 1.29 is 9.53 Å². The van der Waals surface area contributed by atoms with E-state index in [1.165, 1.54) is 7.11 Å². The summed E-state index contributed by atoms with van der Waals surface area (Å²) in [4.78, 5) is 12.6. The Kier molecular flexibility index (Phi) is 4.72. The zero-order valence-electron chi connectivity index (χ0n) is 14.1. The lowest BCUT2D eigenvalue weighted by atomic mass is 10.2. The van der Waals surface area contributed by atoms with Gasteiger partial charge in [0.25, 0.3) is 5.91 Å². The molecule has 2 aromatic carbocycles. The Hall–Kier alpha value is -2.86. The van der Waals surface area contributed by atoms with Gasteiger partial charge in [0.15, 0.2) is 5.69 Å². The molecular weight excluding hydrogens is 340 g/mol. The van der Waals surface area contributed by atoms with Crippen LogP contribution in [0.4, 0.5) is 5.69 Å². The van der Waals surface area contributed by atoms with Gasteiger partial charge in [0.2, 0.25) is 0 Å². The molecule has 3 aromatic rings. The SMILES string of the molecule is COc1ccc(Cl)cc1NC(=O)c1nnn(-c2ccc(C)cc2)c1C. The number of benzene rings is 2. The van der Waals surface area contributed by atoms with Crippen LogP contribution in [0.1, 0.15) is 21.7 Å². The number of amides is 1. The molecule has 0 radical (unpaired) electrons. The molecule has 0 fully saturated rings. The molecule has 0 atom stereocenters. The molecule has 0 bridgehead atoms. The van der Waals surface area contributed by atoms with Gasteiger partial charge in [-0.2, -0.15) is 0 Å². The summed E-state index contributed by atoms with van der Waals surface area (Å²) >= 11 is 5.99. The van der Waals surface area contributed by atoms with Crippen molar-refractivity contribution in [3.8, 4) is 11.4 Å². The quantitative estimate of drug-likeness (QED) is 0.772. The van der Waals surface area contributed by atoms with Crippen LogP contribution in [0.5, 0.6) is 5.75 Å². The van der Waals surface area contributed by atoms with E-state index >= 15 is 0 Å². The minimum Gasteiger partial charge on any atom is -0.495 e. The summed E-state index contributed by atoms with van der Waals surface area (Å²) in [5.41, 5.74) is 3.34. The summed E-state index contributed by atoms with van der Waals surface area (Å²) in [6, 6.07) is 12.8. The molecule has 1 aromatic heterocycles. The van der Waals surface area contributed by atoms with E-state index in [1.54, 1.807) is 29.8 Å². The number of rotatable bonds is 4. The van der Waals surface area contributed by atoms with Gasteiger partial charge >= 0.3 is 0 Å². The third kappa shape index (κ3) is 3.49. The highest BCUT2D eigenvalue weighted by Crippen LogP contribution is 2.28. The summed E-state index contributed by atoms with van der Waals surface area (Å²) in [5.74, 6) is 0.137. The smallest absolute Gasteiger partial charge is 0.278 e. The first-order valence-corrected chi connectivity index (χ1v) is 8.01. The van der Waals surface area contributed by atoms with Gasteiger partial charge in [-0.3, -0.25) is 4.79 Å². The Balaban J connectivity index is 1.89. The number of halogens is 1. The Bertz CT molecular complexity index is 919. The normalized spacial score (nSPS) is 10.6. The summed E-state index contributed by atoms with van der Waals surface area (Å²) in [6.07, 6.45) is 0. The third-order valence-electron chi connectivity index (χ3n) is 3.80. The number of anilines is 1. The number of carbonyl (C=O) groups excluding carboxylic acids is 1. The number of nitrogens with one attached hydrogen (secondary N) is 1. The standard InChI is InChI=1S/C18H17ClN4O2/c1-11-4-7-14(8-5-11)23-12(2)17(21-22-23)18(24)20-15-10-13(19)6-9-16(15)25-3/h4-10H,1-3H3,(H,20,24). The number of carbonyl (C=O) groups is 1. The molecule has 0 aliphatic heterocycles. The predicted octanol–water partition coefficient (Wildman–Crippen LogP) is 3.80. The first-order chi connectivity index (χ1) is 12.0. The summed E-state index contributed by atoms with van der Waals surface area (Å²) in [5, 5.41) is 11.4. The minimum atomic E-state index is -0.378. The first kappa shape index (κ1) is 17.0. The molecule has 1 amide bonds. The summed E-state index contributed by atoms with van der Waals surface area (Å²) < 4.78 is 6.87. The van der Waals surface area contributed by atoms with Gasteiger partial charge in [0.1, 0.15) is 5.75 Å². The number of ether oxygens (including phenoxy) is 1. The van der Waals surface area contributed by atoms with E-state index in [1.807, 2.05) is 31.2 Å². The van der Waals surface area contributed by atoms with Crippen LogP contribution < -0.4 is 10.1 Å². The number of aryl methyl sites for hydroxylation is 1. The highest BCUT2D eigenvalue weighted by molar-refractivity contribution is 6.31. The molecule has 0 unspecified atom stereocenters. The van der Waals surface area contributed by atoms with E-state index in [4.69, 9.17) is 16.3 Å². The average molecular weight is 357 g/mol. The second-order valence-electron chi connectivity index (χ2n) is 5.57. The first-order valence-electron chi connectivity index (χ1n) is 7.64. The second-order valence-corrected chi connectivity index (χ2v) is 6.01. The van der Waals surface area contributed by atoms with Crippen LogP contribution in [0.2, 0.25) is 5.02 Å². The Morgan fingerprint density at radius 2 is 1.88 bits per heavy atom. The Morgan fingerprint density at radius 3 is 2.56 bits per heavy atom. The van der Waals surface area contributed by atoms with E-state index in [2.05, 4.69) is 15.6 Å². The van der Waals surface area contributed by atoms with Gasteiger partial charge in [0, 0.05) is 5.02 Å². The maximum Gasteiger partial charge on any atom is 0.278 e. The van der Waals surface area contributed by atoms with Crippen LogP contribution in [0.3, 0.4) is 0 Å². The lowest BCUT2D eigenvalue weighted by Gasteiger charge is -2.10. The van der Waals surface area contributed by atoms with E-state index in [0.29, 0.717) is 22.2 Å². The number of hydrogen-bond donors (Lipinski definition) is 1. The van der Waals surface area contributed by atoms with Crippen molar-refractivity contribution in [3.63, 3.8) is 0 Å². The van der Waals surface area contributed by atoms with Crippen LogP contribution in [0.25, 0.3) is 5.69 Å². The lowest BCUT2D eigenvalue weighted by molar-refractivity contribution is 0.102. The van der Waals surface area contributed by atoms with Gasteiger partial charge in [-0.25, -0.2) is 4.68 Å². The average Bonchev–Trinajstić information content (AvgIpc) is 2.97. The van der Waals surface area contributed by atoms with Crippen LogP contribution in [-0.2, 0) is 0 Å². The monoisotopic (exact) mass is 356 g/mol. The van der Waals surface area contributed by atoms with Crippen LogP contribution in [0, 0.1) is 13.8 Å². The van der Waals surface area contributed by atoms with Gasteiger partial charge in [0.05, 0.1) is 24.2 Å². The zero-order chi connectivity index (χ0) is 18.0. The molecule has 0 saturated heterocycles. The summed E-state index contributed by atoms with van der Waals surface area (Å²) in [6.45, 7) is 3.80. The fraction of sp³-hybridized carbons (Fsp3) is 0.167. The highest BCUT2D eigenvalue weighted by atomic mass is 35.5. The molecule has 6 nitrogen and oxygen atoms in total. The van der Waals surface area contributed by atoms with Crippen molar-refractivity contribution >= 4 is 23.2 Å². The molecule has 7 heteroatoms. The van der Waals surface area contributed by atoms with E-state index in [9.17, 15) is 4.79 Å². The largest absolute Gasteiger partial charge is 0.495 e. The van der Waals surface area contributed by atoms with E-state index < -0.39 is 0 Å². The van der Waals surface area contributed by atoms with Crippen molar-refractivity contribution in [1.29, 1.82) is 0 Å². The molecule has 25 heavy (non-hydrogen) atoms. The van der Waals surface area contributed by atoms with E-state index in [0.717, 1.165) is 11.3 Å². The van der Waals surface area contributed by atoms with Crippen molar-refractivity contribution in [1.82, 2.24) is 15.0 Å². The number of hydrogen-bond acceptors (Lipinski definition) is 4. The van der Waals surface area contributed by atoms with Crippen molar-refractivity contribution in [3.05, 3.63) is 64.4 Å². The maximum atomic E-state index is 12.6. The van der Waals surface area contributed by atoms with Gasteiger partial charge in [-0.15, -0.1) is 5.10 Å². The molecule has 0 saturated carbocycles. The van der Waals surface area contributed by atoms with E-state index in [-0.39, 0.29) is 11.6 Å². The molecule has 128 valence electrons. The Labute approximate surface area is 150 Å². The summed E-state index contributed by atoms with van der Waals surface area (Å²) in [7, 11) is 1.53. The molecular formula is C18H17ClN4O2. The molecule has 0 aliphatic carbocycles. The fourth-order valence-electron chi connectivity index (χ4n) is 2.43. The zero-order valence-corrected chi connectivity index (χ0v) is 14.8. The van der Waals surface area contributed by atoms with Gasteiger partial charge in [-0.05, 0) is 44.2 Å². The third-order valence-corrected chi connectivity index (χ3v) is 4.03. The van der Waals surface area contributed by atoms with Crippen molar-refractivity contribution in [2.24, 2.45) is 0 Å². The van der Waals surface area contributed by atoms with Crippen LogP contribution in [-0.4, -0.2) is 28.0 Å². The second kappa shape index (κ2) is 6.94. The maximum absolute atomic E-state index is 12.6. The Morgan fingerprint density at radius 1 is 1.16 bits per heavy atom. The molecule has 0 spiro atoms. The van der Waals surface area contributed by atoms with Crippen LogP contribution >= 0.6 is 11.6 Å². The predicted molar refractivity (Wildman–Crippen MR) is 96.8 cm³/mol.